The first-order valence-corrected chi connectivity index (χ1v) is 8.62. The van der Waals surface area contributed by atoms with E-state index in [1.54, 1.807) is 33.9 Å². The van der Waals surface area contributed by atoms with Gasteiger partial charge in [-0.05, 0) is 39.7 Å². The van der Waals surface area contributed by atoms with Crippen LogP contribution in [0.2, 0.25) is 0 Å². The van der Waals surface area contributed by atoms with E-state index in [2.05, 4.69) is 10.6 Å². The van der Waals surface area contributed by atoms with Gasteiger partial charge in [0.15, 0.2) is 0 Å². The summed E-state index contributed by atoms with van der Waals surface area (Å²) in [6.45, 7) is 6.35. The summed E-state index contributed by atoms with van der Waals surface area (Å²) < 4.78 is 5.25. The molecule has 9 heteroatoms. The fraction of sp³-hybridized carbons (Fsp3) is 0.588. The van der Waals surface area contributed by atoms with Crippen molar-refractivity contribution in [3.8, 4) is 0 Å². The highest BCUT2D eigenvalue weighted by Gasteiger charge is 2.33. The molecule has 2 rings (SSSR count). The van der Waals surface area contributed by atoms with Crippen molar-refractivity contribution in [2.45, 2.75) is 45.3 Å². The summed E-state index contributed by atoms with van der Waals surface area (Å²) in [4.78, 5) is 24.9. The molecular weight excluding hydrogens is 338 g/mol. The van der Waals surface area contributed by atoms with Crippen LogP contribution in [0.15, 0.2) is 12.1 Å². The fourth-order valence-corrected chi connectivity index (χ4v) is 3.12. The van der Waals surface area contributed by atoms with E-state index >= 15 is 0 Å². The number of nitrogens with zero attached hydrogens (tertiary/aromatic N) is 2. The number of amides is 1. The van der Waals surface area contributed by atoms with E-state index in [0.717, 1.165) is 12.8 Å². The van der Waals surface area contributed by atoms with Gasteiger partial charge >= 0.3 is 6.09 Å². The number of carbonyl (C=O) groups is 1. The van der Waals surface area contributed by atoms with Crippen molar-refractivity contribution in [3.63, 3.8) is 0 Å². The lowest BCUT2D eigenvalue weighted by atomic mass is 10.1. The Bertz CT molecular complexity index is 686. The average molecular weight is 365 g/mol. The van der Waals surface area contributed by atoms with Crippen molar-refractivity contribution < 1.29 is 14.5 Å². The topological polar surface area (TPSA) is 123 Å². The molecule has 0 aromatic heterocycles. The number of anilines is 3. The fourth-order valence-electron chi connectivity index (χ4n) is 3.12. The molecule has 1 aromatic carbocycles. The number of rotatable bonds is 5. The van der Waals surface area contributed by atoms with Gasteiger partial charge in [-0.3, -0.25) is 10.1 Å². The first-order valence-electron chi connectivity index (χ1n) is 8.62. The highest BCUT2D eigenvalue weighted by atomic mass is 16.6. The van der Waals surface area contributed by atoms with Gasteiger partial charge in [0.05, 0.1) is 16.3 Å². The maximum absolute atomic E-state index is 11.9. The lowest BCUT2D eigenvalue weighted by Crippen LogP contribution is -2.42. The Hall–Kier alpha value is -2.71. The predicted octanol–water partition coefficient (Wildman–Crippen LogP) is 2.71. The van der Waals surface area contributed by atoms with E-state index < -0.39 is 16.6 Å². The van der Waals surface area contributed by atoms with Gasteiger partial charge < -0.3 is 26.0 Å². The van der Waals surface area contributed by atoms with Crippen molar-refractivity contribution >= 4 is 28.8 Å². The molecule has 144 valence electrons. The number of hydrogen-bond donors (Lipinski definition) is 3. The van der Waals surface area contributed by atoms with Crippen LogP contribution >= 0.6 is 0 Å². The average Bonchev–Trinajstić information content (AvgIpc) is 2.98. The van der Waals surface area contributed by atoms with E-state index in [1.807, 2.05) is 4.90 Å². The number of ether oxygens (including phenoxy) is 1. The predicted molar refractivity (Wildman–Crippen MR) is 102 cm³/mol. The summed E-state index contributed by atoms with van der Waals surface area (Å²) >= 11 is 0. The minimum Gasteiger partial charge on any atom is -0.444 e. The van der Waals surface area contributed by atoms with Gasteiger partial charge in [-0.1, -0.05) is 0 Å². The SMILES string of the molecule is CNc1ccc([N+](=O)[O-])c(N2CCC[C@H]2CNC(=O)OC(C)(C)C)c1N. The first-order chi connectivity index (χ1) is 12.1. The quantitative estimate of drug-likeness (QED) is 0.416. The Balaban J connectivity index is 2.22. The molecule has 0 saturated carbocycles. The number of hydrogen-bond acceptors (Lipinski definition) is 7. The summed E-state index contributed by atoms with van der Waals surface area (Å²) in [6.07, 6.45) is 1.16. The Labute approximate surface area is 153 Å². The van der Waals surface area contributed by atoms with Crippen LogP contribution in [0, 0.1) is 10.1 Å². The molecule has 0 bridgehead atoms. The number of nitro benzene ring substituents is 1. The number of nitro groups is 1. The van der Waals surface area contributed by atoms with Crippen LogP contribution in [0.5, 0.6) is 0 Å². The first kappa shape index (κ1) is 19.6. The van der Waals surface area contributed by atoms with E-state index in [-0.39, 0.29) is 11.7 Å². The molecule has 1 amide bonds. The Morgan fingerprint density at radius 1 is 1.46 bits per heavy atom. The van der Waals surface area contributed by atoms with E-state index in [1.165, 1.54) is 6.07 Å². The Morgan fingerprint density at radius 2 is 2.15 bits per heavy atom. The number of benzene rings is 1. The van der Waals surface area contributed by atoms with Gasteiger partial charge in [0.2, 0.25) is 0 Å². The minimum atomic E-state index is -0.580. The van der Waals surface area contributed by atoms with Gasteiger partial charge in [-0.25, -0.2) is 4.79 Å². The third kappa shape index (κ3) is 4.47. The smallest absolute Gasteiger partial charge is 0.407 e. The van der Waals surface area contributed by atoms with Crippen LogP contribution in [-0.4, -0.2) is 42.8 Å². The molecule has 0 aliphatic carbocycles. The molecule has 0 spiro atoms. The van der Waals surface area contributed by atoms with Crippen molar-refractivity contribution in [2.75, 3.05) is 36.1 Å². The molecule has 1 aliphatic heterocycles. The number of carbonyl (C=O) groups excluding carboxylic acids is 1. The highest BCUT2D eigenvalue weighted by molar-refractivity contribution is 5.88. The highest BCUT2D eigenvalue weighted by Crippen LogP contribution is 2.41. The third-order valence-corrected chi connectivity index (χ3v) is 4.21. The standard InChI is InChI=1S/C17H27N5O4/c1-17(2,3)26-16(23)20-10-11-6-5-9-21(11)15-13(22(24)25)8-7-12(19-4)14(15)18/h7-8,11,19H,5-6,9-10,18H2,1-4H3,(H,20,23)/t11-/m0/s1. The molecule has 9 nitrogen and oxygen atoms in total. The molecule has 1 heterocycles. The second kappa shape index (κ2) is 7.67. The minimum absolute atomic E-state index is 0.0364. The van der Waals surface area contributed by atoms with Crippen LogP contribution in [0.25, 0.3) is 0 Å². The zero-order valence-corrected chi connectivity index (χ0v) is 15.7. The Kier molecular flexibility index (Phi) is 5.79. The normalized spacial score (nSPS) is 17.1. The molecule has 1 atom stereocenters. The Morgan fingerprint density at radius 3 is 2.73 bits per heavy atom. The van der Waals surface area contributed by atoms with Gasteiger partial charge in [-0.15, -0.1) is 0 Å². The molecule has 4 N–H and O–H groups in total. The molecular formula is C17H27N5O4. The summed E-state index contributed by atoms with van der Waals surface area (Å²) in [5, 5.41) is 17.2. The van der Waals surface area contributed by atoms with Crippen LogP contribution in [0.4, 0.5) is 27.5 Å². The number of nitrogens with two attached hydrogens (primary N) is 1. The lowest BCUT2D eigenvalue weighted by molar-refractivity contribution is -0.384. The molecule has 1 saturated heterocycles. The van der Waals surface area contributed by atoms with Crippen molar-refractivity contribution in [1.29, 1.82) is 0 Å². The monoisotopic (exact) mass is 365 g/mol. The molecule has 1 aliphatic rings. The lowest BCUT2D eigenvalue weighted by Gasteiger charge is -2.29. The van der Waals surface area contributed by atoms with Gasteiger partial charge in [-0.2, -0.15) is 0 Å². The number of nitrogens with one attached hydrogen (secondary N) is 2. The summed E-state index contributed by atoms with van der Waals surface area (Å²) in [6, 6.07) is 2.96. The number of nitrogen functional groups attached to an aromatic ring is 1. The van der Waals surface area contributed by atoms with Crippen LogP contribution in [0.3, 0.4) is 0 Å². The van der Waals surface area contributed by atoms with E-state index in [0.29, 0.717) is 30.2 Å². The van der Waals surface area contributed by atoms with Gasteiger partial charge in [0, 0.05) is 32.2 Å². The molecule has 0 radical (unpaired) electrons. The van der Waals surface area contributed by atoms with Crippen LogP contribution in [0.1, 0.15) is 33.6 Å². The van der Waals surface area contributed by atoms with Crippen molar-refractivity contribution in [3.05, 3.63) is 22.2 Å². The molecule has 1 fully saturated rings. The summed E-state index contributed by atoms with van der Waals surface area (Å²) in [7, 11) is 1.72. The van der Waals surface area contributed by atoms with E-state index in [9.17, 15) is 14.9 Å². The second-order valence-electron chi connectivity index (χ2n) is 7.27. The third-order valence-electron chi connectivity index (χ3n) is 4.21. The summed E-state index contributed by atoms with van der Waals surface area (Å²) in [5.74, 6) is 0. The van der Waals surface area contributed by atoms with Crippen LogP contribution in [-0.2, 0) is 4.74 Å². The number of alkyl carbamates (subject to hydrolysis) is 1. The van der Waals surface area contributed by atoms with E-state index in [4.69, 9.17) is 10.5 Å². The zero-order chi connectivity index (χ0) is 19.5. The second-order valence-corrected chi connectivity index (χ2v) is 7.27. The maximum atomic E-state index is 11.9. The van der Waals surface area contributed by atoms with Crippen molar-refractivity contribution in [1.82, 2.24) is 5.32 Å². The van der Waals surface area contributed by atoms with Gasteiger partial charge in [0.1, 0.15) is 11.3 Å². The molecule has 1 aromatic rings. The summed E-state index contributed by atoms with van der Waals surface area (Å²) in [5.41, 5.74) is 6.95. The maximum Gasteiger partial charge on any atom is 0.407 e. The molecule has 26 heavy (non-hydrogen) atoms. The zero-order valence-electron chi connectivity index (χ0n) is 15.7. The van der Waals surface area contributed by atoms with Crippen LogP contribution < -0.4 is 21.3 Å². The van der Waals surface area contributed by atoms with Crippen molar-refractivity contribution in [2.24, 2.45) is 0 Å². The largest absolute Gasteiger partial charge is 0.444 e. The van der Waals surface area contributed by atoms with Gasteiger partial charge in [0.25, 0.3) is 5.69 Å². The molecule has 0 unspecified atom stereocenters.